The van der Waals surface area contributed by atoms with Crippen LogP contribution in [0.2, 0.25) is 0 Å². The third-order valence-electron chi connectivity index (χ3n) is 3.80. The molecule has 3 N–H and O–H groups in total. The summed E-state index contributed by atoms with van der Waals surface area (Å²) in [6, 6.07) is 12.1. The van der Waals surface area contributed by atoms with Crippen LogP contribution in [-0.2, 0) is 6.61 Å². The number of nitrogens with zero attached hydrogens (tertiary/aromatic N) is 1. The number of benzene rings is 1. The molecule has 0 fully saturated rings. The van der Waals surface area contributed by atoms with Crippen molar-refractivity contribution in [2.24, 2.45) is 5.92 Å². The second-order valence-electron chi connectivity index (χ2n) is 5.45. The first-order chi connectivity index (χ1) is 11.0. The van der Waals surface area contributed by atoms with E-state index in [1.807, 2.05) is 0 Å². The van der Waals surface area contributed by atoms with Crippen LogP contribution in [0, 0.1) is 11.1 Å². The fourth-order valence-electron chi connectivity index (χ4n) is 2.18. The molecular formula is C17H21NO4S. The Labute approximate surface area is 139 Å². The van der Waals surface area contributed by atoms with Crippen molar-refractivity contribution in [2.75, 3.05) is 5.75 Å². The maximum Gasteiger partial charge on any atom is 0.251 e. The van der Waals surface area contributed by atoms with Crippen molar-refractivity contribution in [1.29, 1.82) is 0 Å². The van der Waals surface area contributed by atoms with Gasteiger partial charge in [0.2, 0.25) is 0 Å². The minimum absolute atomic E-state index is 0.0442. The summed E-state index contributed by atoms with van der Waals surface area (Å²) in [5, 5.41) is 41.8. The second-order valence-corrected chi connectivity index (χ2v) is 6.49. The van der Waals surface area contributed by atoms with Gasteiger partial charge >= 0.3 is 0 Å². The first-order valence-corrected chi connectivity index (χ1v) is 8.38. The van der Waals surface area contributed by atoms with E-state index in [-0.39, 0.29) is 12.5 Å². The highest BCUT2D eigenvalue weighted by Gasteiger charge is 2.24. The molecular weight excluding hydrogens is 314 g/mol. The third-order valence-corrected chi connectivity index (χ3v) is 4.92. The minimum Gasteiger partial charge on any atom is -0.618 e. The van der Waals surface area contributed by atoms with Crippen LogP contribution in [-0.4, -0.2) is 27.2 Å². The summed E-state index contributed by atoms with van der Waals surface area (Å²) in [4.78, 5) is 0. The summed E-state index contributed by atoms with van der Waals surface area (Å²) in [6.07, 6.45) is -0.156. The molecule has 23 heavy (non-hydrogen) atoms. The van der Waals surface area contributed by atoms with E-state index in [4.69, 9.17) is 5.11 Å². The molecule has 0 spiro atoms. The third kappa shape index (κ3) is 4.68. The normalized spacial score (nSPS) is 15.1. The molecule has 0 unspecified atom stereocenters. The lowest BCUT2D eigenvalue weighted by atomic mass is 9.93. The molecule has 5 nitrogen and oxygen atoms in total. The molecule has 1 heterocycles. The van der Waals surface area contributed by atoms with Gasteiger partial charge in [-0.2, -0.15) is 4.73 Å². The van der Waals surface area contributed by atoms with Crippen molar-refractivity contribution in [3.8, 4) is 0 Å². The summed E-state index contributed by atoms with van der Waals surface area (Å²) in [5.41, 5.74) is 1.46. The molecule has 0 aliphatic heterocycles. The molecule has 0 radical (unpaired) electrons. The molecule has 6 heteroatoms. The molecule has 0 bridgehead atoms. The molecule has 0 saturated carbocycles. The summed E-state index contributed by atoms with van der Waals surface area (Å²) in [5.74, 6) is -0.0644. The quantitative estimate of drug-likeness (QED) is 0.407. The second kappa shape index (κ2) is 8.31. The van der Waals surface area contributed by atoms with Gasteiger partial charge in [-0.3, -0.25) is 0 Å². The van der Waals surface area contributed by atoms with Gasteiger partial charge in [0, 0.05) is 23.8 Å². The smallest absolute Gasteiger partial charge is 0.251 e. The average molecular weight is 335 g/mol. The number of aromatic nitrogens is 1. The molecule has 0 saturated heterocycles. The summed E-state index contributed by atoms with van der Waals surface area (Å²) in [6.45, 7) is 1.73. The van der Waals surface area contributed by atoms with Crippen molar-refractivity contribution < 1.29 is 20.0 Å². The van der Waals surface area contributed by atoms with Crippen molar-refractivity contribution in [1.82, 2.24) is 0 Å². The summed E-state index contributed by atoms with van der Waals surface area (Å²) in [7, 11) is 0. The van der Waals surface area contributed by atoms with Crippen molar-refractivity contribution in [3.05, 3.63) is 65.0 Å². The topological polar surface area (TPSA) is 87.6 Å². The number of thioether (sulfide) groups is 1. The van der Waals surface area contributed by atoms with Gasteiger partial charge in [0.05, 0.1) is 18.8 Å². The minimum atomic E-state index is -0.812. The maximum atomic E-state index is 11.6. The van der Waals surface area contributed by atoms with Crippen LogP contribution >= 0.6 is 11.8 Å². The first-order valence-electron chi connectivity index (χ1n) is 7.39. The Morgan fingerprint density at radius 2 is 1.83 bits per heavy atom. The van der Waals surface area contributed by atoms with Gasteiger partial charge < -0.3 is 20.5 Å². The van der Waals surface area contributed by atoms with E-state index in [0.717, 1.165) is 10.3 Å². The molecule has 3 atom stereocenters. The summed E-state index contributed by atoms with van der Waals surface area (Å²) >= 11 is 1.26. The van der Waals surface area contributed by atoms with Gasteiger partial charge in [-0.1, -0.05) is 43.0 Å². The number of rotatable bonds is 7. The van der Waals surface area contributed by atoms with E-state index < -0.39 is 12.2 Å². The van der Waals surface area contributed by atoms with Crippen LogP contribution in [0.1, 0.15) is 24.2 Å². The Hall–Kier alpha value is -1.60. The van der Waals surface area contributed by atoms with Gasteiger partial charge in [0.1, 0.15) is 0 Å². The van der Waals surface area contributed by atoms with E-state index in [2.05, 4.69) is 0 Å². The maximum absolute atomic E-state index is 11.6. The predicted molar refractivity (Wildman–Crippen MR) is 88.6 cm³/mol. The number of hydrogen-bond acceptors (Lipinski definition) is 5. The predicted octanol–water partition coefficient (Wildman–Crippen LogP) is 1.64. The zero-order valence-corrected chi connectivity index (χ0v) is 13.7. The van der Waals surface area contributed by atoms with Crippen LogP contribution in [0.15, 0.2) is 53.7 Å². The Balaban J connectivity index is 1.95. The molecule has 0 aliphatic carbocycles. The van der Waals surface area contributed by atoms with E-state index in [0.29, 0.717) is 16.3 Å². The highest BCUT2D eigenvalue weighted by molar-refractivity contribution is 7.99. The van der Waals surface area contributed by atoms with Crippen LogP contribution in [0.3, 0.4) is 0 Å². The first kappa shape index (κ1) is 17.7. The van der Waals surface area contributed by atoms with Crippen molar-refractivity contribution >= 4 is 11.8 Å². The number of hydrogen-bond donors (Lipinski definition) is 3. The van der Waals surface area contributed by atoms with E-state index in [1.54, 1.807) is 49.4 Å². The summed E-state index contributed by atoms with van der Waals surface area (Å²) < 4.78 is 0.756. The lowest BCUT2D eigenvalue weighted by molar-refractivity contribution is -0.645. The Morgan fingerprint density at radius 1 is 1.13 bits per heavy atom. The highest BCUT2D eigenvalue weighted by atomic mass is 32.2. The molecule has 0 amide bonds. The van der Waals surface area contributed by atoms with Gasteiger partial charge in [-0.25, -0.2) is 0 Å². The van der Waals surface area contributed by atoms with E-state index in [1.165, 1.54) is 18.0 Å². The monoisotopic (exact) mass is 335 g/mol. The van der Waals surface area contributed by atoms with Gasteiger partial charge in [0.25, 0.3) is 5.03 Å². The SMILES string of the molecule is C[C@@H]([C@H](O)c1ccc(CO)cc1)[C@@H](O)CSc1cccc[n+]1[O-]. The fourth-order valence-corrected chi connectivity index (χ4v) is 3.19. The molecule has 2 aromatic rings. The van der Waals surface area contributed by atoms with Crippen molar-refractivity contribution in [3.63, 3.8) is 0 Å². The van der Waals surface area contributed by atoms with Gasteiger partial charge in [-0.05, 0) is 17.2 Å². The Bertz CT molecular complexity index is 620. The lowest BCUT2D eigenvalue weighted by Gasteiger charge is -2.24. The number of aliphatic hydroxyl groups excluding tert-OH is 3. The average Bonchev–Trinajstić information content (AvgIpc) is 2.59. The zero-order chi connectivity index (χ0) is 16.8. The highest BCUT2D eigenvalue weighted by Crippen LogP contribution is 2.27. The molecule has 124 valence electrons. The molecule has 2 rings (SSSR count). The van der Waals surface area contributed by atoms with E-state index in [9.17, 15) is 15.4 Å². The molecule has 1 aromatic heterocycles. The largest absolute Gasteiger partial charge is 0.618 e. The van der Waals surface area contributed by atoms with Crippen LogP contribution in [0.5, 0.6) is 0 Å². The van der Waals surface area contributed by atoms with Gasteiger partial charge in [0.15, 0.2) is 6.20 Å². The van der Waals surface area contributed by atoms with Crippen molar-refractivity contribution in [2.45, 2.75) is 30.8 Å². The van der Waals surface area contributed by atoms with Gasteiger partial charge in [-0.15, -0.1) is 0 Å². The molecule has 1 aromatic carbocycles. The van der Waals surface area contributed by atoms with Crippen LogP contribution < -0.4 is 4.73 Å². The fraction of sp³-hybridized carbons (Fsp3) is 0.353. The number of pyridine rings is 1. The number of aliphatic hydroxyl groups is 3. The Morgan fingerprint density at radius 3 is 2.43 bits per heavy atom. The van der Waals surface area contributed by atoms with Crippen LogP contribution in [0.25, 0.3) is 0 Å². The zero-order valence-electron chi connectivity index (χ0n) is 12.9. The Kier molecular flexibility index (Phi) is 6.41. The standard InChI is InChI=1S/C17H21NO4S/c1-12(17(21)14-7-5-13(10-19)6-8-14)15(20)11-23-16-4-2-3-9-18(16)22/h2-9,12,15,17,19-21H,10-11H2,1H3/t12-,15+,17+/m1/s1. The lowest BCUT2D eigenvalue weighted by Crippen LogP contribution is -2.30. The molecule has 0 aliphatic rings. The van der Waals surface area contributed by atoms with E-state index >= 15 is 0 Å². The van der Waals surface area contributed by atoms with Crippen LogP contribution in [0.4, 0.5) is 0 Å².